The Morgan fingerprint density at radius 3 is 2.61 bits per heavy atom. The van der Waals surface area contributed by atoms with Gasteiger partial charge in [-0.3, -0.25) is 9.59 Å². The highest BCUT2D eigenvalue weighted by molar-refractivity contribution is 5.99. The number of aromatic amines is 1. The summed E-state index contributed by atoms with van der Waals surface area (Å²) in [6.45, 7) is 2.87. The Bertz CT molecular complexity index is 591. The lowest BCUT2D eigenvalue weighted by Gasteiger charge is -2.08. The zero-order valence-electron chi connectivity index (χ0n) is 9.89. The fourth-order valence-electron chi connectivity index (χ4n) is 1.53. The highest BCUT2D eigenvalue weighted by Gasteiger charge is 2.12. The molecule has 18 heavy (non-hydrogen) atoms. The van der Waals surface area contributed by atoms with Crippen LogP contribution in [-0.2, 0) is 4.79 Å². The first-order valence-electron chi connectivity index (χ1n) is 5.24. The van der Waals surface area contributed by atoms with Crippen molar-refractivity contribution in [3.8, 4) is 11.4 Å². The van der Waals surface area contributed by atoms with Gasteiger partial charge in [-0.25, -0.2) is 5.10 Å². The minimum Gasteiger partial charge on any atom is -0.326 e. The normalized spacial score (nSPS) is 10.1. The van der Waals surface area contributed by atoms with E-state index < -0.39 is 0 Å². The van der Waals surface area contributed by atoms with E-state index in [0.717, 1.165) is 0 Å². The second-order valence-electron chi connectivity index (χ2n) is 3.75. The second kappa shape index (κ2) is 4.74. The van der Waals surface area contributed by atoms with E-state index >= 15 is 0 Å². The number of tetrazole rings is 1. The van der Waals surface area contributed by atoms with Crippen LogP contribution in [0.2, 0.25) is 0 Å². The summed E-state index contributed by atoms with van der Waals surface area (Å²) in [5.41, 5.74) is 1.64. The largest absolute Gasteiger partial charge is 0.326 e. The monoisotopic (exact) mass is 245 g/mol. The summed E-state index contributed by atoms with van der Waals surface area (Å²) in [6, 6.07) is 4.92. The number of amides is 1. The van der Waals surface area contributed by atoms with E-state index in [9.17, 15) is 9.59 Å². The first kappa shape index (κ1) is 11.9. The van der Waals surface area contributed by atoms with Crippen LogP contribution in [0, 0.1) is 0 Å². The summed E-state index contributed by atoms with van der Waals surface area (Å²) in [7, 11) is 0. The molecular weight excluding hydrogens is 234 g/mol. The highest BCUT2D eigenvalue weighted by atomic mass is 16.1. The lowest BCUT2D eigenvalue weighted by Crippen LogP contribution is -2.08. The SMILES string of the molecule is CC(=O)Nc1ccc(C(C)=O)cc1-c1nnn[nH]1. The van der Waals surface area contributed by atoms with E-state index in [1.54, 1.807) is 18.2 Å². The van der Waals surface area contributed by atoms with Crippen LogP contribution >= 0.6 is 0 Å². The van der Waals surface area contributed by atoms with Crippen LogP contribution in [0.5, 0.6) is 0 Å². The third-order valence-corrected chi connectivity index (χ3v) is 2.34. The number of anilines is 1. The standard InChI is InChI=1S/C11H11N5O2/c1-6(17)8-3-4-10(12-7(2)18)9(5-8)11-13-15-16-14-11/h3-5H,1-2H3,(H,12,18)(H,13,14,15,16). The van der Waals surface area contributed by atoms with Gasteiger partial charge in [-0.15, -0.1) is 5.10 Å². The maximum absolute atomic E-state index is 11.4. The van der Waals surface area contributed by atoms with E-state index in [0.29, 0.717) is 22.6 Å². The van der Waals surface area contributed by atoms with Crippen molar-refractivity contribution in [2.75, 3.05) is 5.32 Å². The number of benzene rings is 1. The number of aromatic nitrogens is 4. The first-order chi connectivity index (χ1) is 8.58. The fourth-order valence-corrected chi connectivity index (χ4v) is 1.53. The molecule has 2 N–H and O–H groups in total. The fraction of sp³-hybridized carbons (Fsp3) is 0.182. The van der Waals surface area contributed by atoms with Gasteiger partial charge in [-0.05, 0) is 35.5 Å². The predicted octanol–water partition coefficient (Wildman–Crippen LogP) is 1.03. The summed E-state index contributed by atoms with van der Waals surface area (Å²) in [6.07, 6.45) is 0. The minimum absolute atomic E-state index is 0.0712. The van der Waals surface area contributed by atoms with Crippen molar-refractivity contribution in [2.24, 2.45) is 0 Å². The van der Waals surface area contributed by atoms with E-state index in [-0.39, 0.29) is 11.7 Å². The molecule has 92 valence electrons. The molecule has 7 heteroatoms. The zero-order chi connectivity index (χ0) is 13.1. The molecule has 0 fully saturated rings. The highest BCUT2D eigenvalue weighted by Crippen LogP contribution is 2.26. The van der Waals surface area contributed by atoms with Crippen LogP contribution < -0.4 is 5.32 Å². The van der Waals surface area contributed by atoms with Gasteiger partial charge in [0.2, 0.25) is 5.91 Å². The van der Waals surface area contributed by atoms with Gasteiger partial charge in [0.25, 0.3) is 0 Å². The summed E-state index contributed by atoms with van der Waals surface area (Å²) < 4.78 is 0. The van der Waals surface area contributed by atoms with Crippen molar-refractivity contribution in [2.45, 2.75) is 13.8 Å². The summed E-state index contributed by atoms with van der Waals surface area (Å²) >= 11 is 0. The van der Waals surface area contributed by atoms with Crippen molar-refractivity contribution in [1.82, 2.24) is 20.6 Å². The molecule has 1 aromatic carbocycles. The number of carbonyl (C=O) groups is 2. The quantitative estimate of drug-likeness (QED) is 0.786. The van der Waals surface area contributed by atoms with Gasteiger partial charge < -0.3 is 5.32 Å². The van der Waals surface area contributed by atoms with Crippen LogP contribution in [0.15, 0.2) is 18.2 Å². The molecule has 7 nitrogen and oxygen atoms in total. The van der Waals surface area contributed by atoms with Crippen LogP contribution in [0.25, 0.3) is 11.4 Å². The van der Waals surface area contributed by atoms with E-state index in [4.69, 9.17) is 0 Å². The van der Waals surface area contributed by atoms with Gasteiger partial charge in [-0.2, -0.15) is 0 Å². The van der Waals surface area contributed by atoms with Crippen molar-refractivity contribution in [3.05, 3.63) is 23.8 Å². The topological polar surface area (TPSA) is 101 Å². The molecule has 0 unspecified atom stereocenters. The summed E-state index contributed by atoms with van der Waals surface area (Å²) in [4.78, 5) is 22.5. The summed E-state index contributed by atoms with van der Waals surface area (Å²) in [5.74, 6) is 0.110. The molecule has 2 rings (SSSR count). The average Bonchev–Trinajstić information content (AvgIpc) is 2.81. The molecule has 1 aromatic heterocycles. The number of hydrogen-bond donors (Lipinski definition) is 2. The smallest absolute Gasteiger partial charge is 0.221 e. The molecule has 0 saturated heterocycles. The molecule has 1 heterocycles. The Labute approximate surface area is 103 Å². The predicted molar refractivity (Wildman–Crippen MR) is 63.9 cm³/mol. The third-order valence-electron chi connectivity index (χ3n) is 2.34. The maximum atomic E-state index is 11.4. The Balaban J connectivity index is 2.53. The number of ketones is 1. The number of Topliss-reactive ketones (excluding diaryl/α,β-unsaturated/α-hetero) is 1. The van der Waals surface area contributed by atoms with E-state index in [1.807, 2.05) is 0 Å². The Morgan fingerprint density at radius 1 is 1.28 bits per heavy atom. The van der Waals surface area contributed by atoms with Crippen molar-refractivity contribution < 1.29 is 9.59 Å². The molecule has 0 atom stereocenters. The van der Waals surface area contributed by atoms with Crippen LogP contribution in [0.1, 0.15) is 24.2 Å². The molecule has 0 aliphatic rings. The zero-order valence-corrected chi connectivity index (χ0v) is 9.89. The molecule has 0 saturated carbocycles. The van der Waals surface area contributed by atoms with Gasteiger partial charge in [-0.1, -0.05) is 0 Å². The Kier molecular flexibility index (Phi) is 3.13. The average molecular weight is 245 g/mol. The number of H-pyrrole nitrogens is 1. The van der Waals surface area contributed by atoms with Gasteiger partial charge >= 0.3 is 0 Å². The van der Waals surface area contributed by atoms with Gasteiger partial charge in [0.15, 0.2) is 11.6 Å². The van der Waals surface area contributed by atoms with Gasteiger partial charge in [0.1, 0.15) is 0 Å². The molecule has 0 radical (unpaired) electrons. The number of nitrogens with zero attached hydrogens (tertiary/aromatic N) is 3. The minimum atomic E-state index is -0.209. The van der Waals surface area contributed by atoms with Crippen LogP contribution in [-0.4, -0.2) is 32.3 Å². The Hall–Kier alpha value is -2.57. The number of carbonyl (C=O) groups excluding carboxylic acids is 2. The first-order valence-corrected chi connectivity index (χ1v) is 5.24. The molecular formula is C11H11N5O2. The number of nitrogens with one attached hydrogen (secondary N) is 2. The van der Waals surface area contributed by atoms with E-state index in [2.05, 4.69) is 25.9 Å². The number of rotatable bonds is 3. The molecule has 0 spiro atoms. The maximum Gasteiger partial charge on any atom is 0.221 e. The number of hydrogen-bond acceptors (Lipinski definition) is 5. The van der Waals surface area contributed by atoms with E-state index in [1.165, 1.54) is 13.8 Å². The lowest BCUT2D eigenvalue weighted by atomic mass is 10.1. The third kappa shape index (κ3) is 2.40. The molecule has 1 amide bonds. The molecule has 0 bridgehead atoms. The van der Waals surface area contributed by atoms with Gasteiger partial charge in [0, 0.05) is 18.1 Å². The van der Waals surface area contributed by atoms with Crippen molar-refractivity contribution in [3.63, 3.8) is 0 Å². The van der Waals surface area contributed by atoms with Gasteiger partial charge in [0.05, 0.1) is 5.69 Å². The van der Waals surface area contributed by atoms with Crippen molar-refractivity contribution >= 4 is 17.4 Å². The van der Waals surface area contributed by atoms with Crippen LogP contribution in [0.4, 0.5) is 5.69 Å². The van der Waals surface area contributed by atoms with Crippen LogP contribution in [0.3, 0.4) is 0 Å². The lowest BCUT2D eigenvalue weighted by molar-refractivity contribution is -0.114. The molecule has 2 aromatic rings. The summed E-state index contributed by atoms with van der Waals surface area (Å²) in [5, 5.41) is 16.0. The van der Waals surface area contributed by atoms with Crippen molar-refractivity contribution in [1.29, 1.82) is 0 Å². The second-order valence-corrected chi connectivity index (χ2v) is 3.75. The molecule has 0 aliphatic carbocycles. The molecule has 0 aliphatic heterocycles. The Morgan fingerprint density at radius 2 is 2.06 bits per heavy atom.